The van der Waals surface area contributed by atoms with Crippen molar-refractivity contribution >= 4 is 0 Å². The van der Waals surface area contributed by atoms with Crippen LogP contribution in [0.4, 0.5) is 0 Å². The number of unbranched alkanes of at least 4 members (excludes halogenated alkanes) is 1. The van der Waals surface area contributed by atoms with Crippen LogP contribution in [-0.2, 0) is 0 Å². The molecule has 0 heteroatoms. The van der Waals surface area contributed by atoms with Crippen molar-refractivity contribution in [2.45, 2.75) is 83.5 Å². The molecular formula is C17H29. The zero-order chi connectivity index (χ0) is 11.5. The summed E-state index contributed by atoms with van der Waals surface area (Å²) in [5, 5.41) is 0. The third-order valence-electron chi connectivity index (χ3n) is 5.80. The van der Waals surface area contributed by atoms with Crippen LogP contribution < -0.4 is 0 Å². The van der Waals surface area contributed by atoms with Crippen molar-refractivity contribution in [1.29, 1.82) is 0 Å². The SMILES string of the molecule is C1CC[C](CCCCC2CC3CCC2C3)CC1. The molecule has 3 aliphatic rings. The van der Waals surface area contributed by atoms with Gasteiger partial charge in [-0.25, -0.2) is 0 Å². The van der Waals surface area contributed by atoms with Crippen LogP contribution >= 0.6 is 0 Å². The van der Waals surface area contributed by atoms with E-state index in [1.165, 1.54) is 51.4 Å². The summed E-state index contributed by atoms with van der Waals surface area (Å²) in [5.41, 5.74) is 0. The van der Waals surface area contributed by atoms with E-state index in [2.05, 4.69) is 0 Å². The molecule has 2 bridgehead atoms. The van der Waals surface area contributed by atoms with E-state index in [0.29, 0.717) is 0 Å². The molecular weight excluding hydrogens is 204 g/mol. The van der Waals surface area contributed by atoms with E-state index < -0.39 is 0 Å². The summed E-state index contributed by atoms with van der Waals surface area (Å²) in [4.78, 5) is 0. The fraction of sp³-hybridized carbons (Fsp3) is 0.941. The monoisotopic (exact) mass is 233 g/mol. The smallest absolute Gasteiger partial charge is 0.0241 e. The number of hydrogen-bond donors (Lipinski definition) is 0. The van der Waals surface area contributed by atoms with Crippen molar-refractivity contribution in [1.82, 2.24) is 0 Å². The summed E-state index contributed by atoms with van der Waals surface area (Å²) in [6.07, 6.45) is 19.8. The molecule has 0 nitrogen and oxygen atoms in total. The zero-order valence-electron chi connectivity index (χ0n) is 11.4. The summed E-state index contributed by atoms with van der Waals surface area (Å²) >= 11 is 0. The molecule has 3 unspecified atom stereocenters. The molecule has 3 aliphatic carbocycles. The molecule has 0 aromatic rings. The number of hydrogen-bond acceptors (Lipinski definition) is 0. The second kappa shape index (κ2) is 5.76. The average Bonchev–Trinajstić information content (AvgIpc) is 2.98. The van der Waals surface area contributed by atoms with Gasteiger partial charge in [0.25, 0.3) is 0 Å². The Hall–Kier alpha value is 0. The normalized spacial score (nSPS) is 37.8. The largest absolute Gasteiger partial charge is 0.0533 e. The van der Waals surface area contributed by atoms with Crippen LogP contribution in [0.5, 0.6) is 0 Å². The highest BCUT2D eigenvalue weighted by molar-refractivity contribution is 4.93. The molecule has 0 aromatic carbocycles. The molecule has 0 aromatic heterocycles. The van der Waals surface area contributed by atoms with Crippen molar-refractivity contribution in [3.8, 4) is 0 Å². The minimum Gasteiger partial charge on any atom is -0.0533 e. The van der Waals surface area contributed by atoms with Gasteiger partial charge in [0.1, 0.15) is 0 Å². The molecule has 1 radical (unpaired) electrons. The van der Waals surface area contributed by atoms with Crippen molar-refractivity contribution in [2.75, 3.05) is 0 Å². The molecule has 0 spiro atoms. The molecule has 0 amide bonds. The Balaban J connectivity index is 1.28. The minimum atomic E-state index is 1.14. The van der Waals surface area contributed by atoms with Crippen molar-refractivity contribution in [2.24, 2.45) is 17.8 Å². The van der Waals surface area contributed by atoms with E-state index in [1.54, 1.807) is 32.1 Å². The van der Waals surface area contributed by atoms with Crippen molar-refractivity contribution in [3.05, 3.63) is 5.92 Å². The van der Waals surface area contributed by atoms with Crippen LogP contribution in [0.15, 0.2) is 0 Å². The lowest BCUT2D eigenvalue weighted by Gasteiger charge is -2.23. The van der Waals surface area contributed by atoms with Gasteiger partial charge in [0, 0.05) is 0 Å². The molecule has 0 heterocycles. The summed E-state index contributed by atoms with van der Waals surface area (Å²) in [6, 6.07) is 0. The Morgan fingerprint density at radius 3 is 2.47 bits per heavy atom. The number of rotatable bonds is 5. The highest BCUT2D eigenvalue weighted by Crippen LogP contribution is 2.50. The fourth-order valence-corrected chi connectivity index (χ4v) is 4.81. The maximum absolute atomic E-state index is 1.91. The lowest BCUT2D eigenvalue weighted by Crippen LogP contribution is -2.10. The van der Waals surface area contributed by atoms with Gasteiger partial charge in [-0.1, -0.05) is 44.9 Å². The van der Waals surface area contributed by atoms with Crippen molar-refractivity contribution in [3.63, 3.8) is 0 Å². The molecule has 3 fully saturated rings. The van der Waals surface area contributed by atoms with Crippen LogP contribution in [0.25, 0.3) is 0 Å². The molecule has 97 valence electrons. The maximum atomic E-state index is 1.91. The summed E-state index contributed by atoms with van der Waals surface area (Å²) in [7, 11) is 0. The summed E-state index contributed by atoms with van der Waals surface area (Å²) < 4.78 is 0. The summed E-state index contributed by atoms with van der Waals surface area (Å²) in [5.74, 6) is 5.36. The van der Waals surface area contributed by atoms with Gasteiger partial charge in [-0.05, 0) is 62.2 Å². The standard InChI is InChI=1S/C17H29/c1-2-6-14(7-3-1)8-4-5-9-16-12-15-10-11-17(16)13-15/h15-17H,1-13H2. The highest BCUT2D eigenvalue weighted by Gasteiger charge is 2.38. The Kier molecular flexibility index (Phi) is 4.08. The van der Waals surface area contributed by atoms with E-state index >= 15 is 0 Å². The number of fused-ring (bicyclic) bond motifs is 2. The van der Waals surface area contributed by atoms with Crippen LogP contribution in [0, 0.1) is 23.7 Å². The third-order valence-corrected chi connectivity index (χ3v) is 5.80. The Bertz CT molecular complexity index is 226. The predicted octanol–water partition coefficient (Wildman–Crippen LogP) is 5.52. The first-order valence-electron chi connectivity index (χ1n) is 8.25. The summed E-state index contributed by atoms with van der Waals surface area (Å²) in [6.45, 7) is 0. The van der Waals surface area contributed by atoms with Gasteiger partial charge in [-0.3, -0.25) is 0 Å². The van der Waals surface area contributed by atoms with E-state index in [9.17, 15) is 0 Å². The minimum absolute atomic E-state index is 1.14. The van der Waals surface area contributed by atoms with Gasteiger partial charge >= 0.3 is 0 Å². The Labute approximate surface area is 108 Å². The van der Waals surface area contributed by atoms with Crippen LogP contribution in [0.3, 0.4) is 0 Å². The van der Waals surface area contributed by atoms with Crippen molar-refractivity contribution < 1.29 is 0 Å². The van der Waals surface area contributed by atoms with E-state index in [1.807, 2.05) is 5.92 Å². The van der Waals surface area contributed by atoms with Gasteiger partial charge in [-0.15, -0.1) is 0 Å². The quantitative estimate of drug-likeness (QED) is 0.548. The van der Waals surface area contributed by atoms with Crippen LogP contribution in [0.1, 0.15) is 83.5 Å². The van der Waals surface area contributed by atoms with E-state index in [-0.39, 0.29) is 0 Å². The molecule has 3 atom stereocenters. The average molecular weight is 233 g/mol. The third kappa shape index (κ3) is 3.06. The maximum Gasteiger partial charge on any atom is -0.0241 e. The molecule has 17 heavy (non-hydrogen) atoms. The van der Waals surface area contributed by atoms with Crippen LogP contribution in [0.2, 0.25) is 0 Å². The molecule has 0 saturated heterocycles. The van der Waals surface area contributed by atoms with Gasteiger partial charge in [0.05, 0.1) is 0 Å². The first-order valence-corrected chi connectivity index (χ1v) is 8.25. The second-order valence-corrected chi connectivity index (χ2v) is 6.99. The molecule has 3 saturated carbocycles. The van der Waals surface area contributed by atoms with Gasteiger partial charge in [-0.2, -0.15) is 0 Å². The Morgan fingerprint density at radius 1 is 0.882 bits per heavy atom. The predicted molar refractivity (Wildman–Crippen MR) is 73.7 cm³/mol. The lowest BCUT2D eigenvalue weighted by atomic mass is 9.83. The van der Waals surface area contributed by atoms with Gasteiger partial charge < -0.3 is 0 Å². The zero-order valence-corrected chi connectivity index (χ0v) is 11.4. The first-order chi connectivity index (χ1) is 8.42. The van der Waals surface area contributed by atoms with Gasteiger partial charge in [0.2, 0.25) is 0 Å². The topological polar surface area (TPSA) is 0 Å². The van der Waals surface area contributed by atoms with E-state index in [0.717, 1.165) is 17.8 Å². The van der Waals surface area contributed by atoms with Gasteiger partial charge in [0.15, 0.2) is 0 Å². The lowest BCUT2D eigenvalue weighted by molar-refractivity contribution is 0.304. The Morgan fingerprint density at radius 2 is 1.76 bits per heavy atom. The fourth-order valence-electron chi connectivity index (χ4n) is 4.81. The molecule has 0 aliphatic heterocycles. The highest BCUT2D eigenvalue weighted by atomic mass is 14.4. The second-order valence-electron chi connectivity index (χ2n) is 6.99. The first kappa shape index (κ1) is 12.1. The van der Waals surface area contributed by atoms with E-state index in [4.69, 9.17) is 0 Å². The molecule has 0 N–H and O–H groups in total. The van der Waals surface area contributed by atoms with Crippen LogP contribution in [-0.4, -0.2) is 0 Å². The molecule has 3 rings (SSSR count).